The van der Waals surface area contributed by atoms with Crippen molar-refractivity contribution in [2.45, 2.75) is 20.3 Å². The Hall–Kier alpha value is -1.62. The number of hydrogen-bond donors (Lipinski definition) is 2. The van der Waals surface area contributed by atoms with Gasteiger partial charge in [0.1, 0.15) is 11.7 Å². The van der Waals surface area contributed by atoms with Crippen molar-refractivity contribution >= 4 is 11.7 Å². The molecule has 5 nitrogen and oxygen atoms in total. The quantitative estimate of drug-likeness (QED) is 0.455. The average Bonchev–Trinajstić information content (AvgIpc) is 2.27. The molecule has 0 aliphatic carbocycles. The summed E-state index contributed by atoms with van der Waals surface area (Å²) in [7, 11) is 3.65. The maximum Gasteiger partial charge on any atom is 0.139 e. The van der Waals surface area contributed by atoms with Gasteiger partial charge in [-0.05, 0) is 31.9 Å². The van der Waals surface area contributed by atoms with Gasteiger partial charge in [-0.2, -0.15) is 0 Å². The zero-order valence-electron chi connectivity index (χ0n) is 11.6. The second-order valence-electron chi connectivity index (χ2n) is 4.46. The number of aryl methyl sites for hydroxylation is 2. The minimum Gasteiger partial charge on any atom is -0.385 e. The molecule has 0 radical (unpaired) electrons. The van der Waals surface area contributed by atoms with Crippen LogP contribution in [0.3, 0.4) is 0 Å². The first kappa shape index (κ1) is 14.4. The van der Waals surface area contributed by atoms with E-state index in [9.17, 15) is 0 Å². The number of ether oxygens (including phenoxy) is 1. The van der Waals surface area contributed by atoms with Crippen LogP contribution < -0.4 is 10.6 Å². The molecule has 0 bridgehead atoms. The van der Waals surface area contributed by atoms with Gasteiger partial charge in [-0.3, -0.25) is 5.41 Å². The van der Waals surface area contributed by atoms with Crippen molar-refractivity contribution in [1.82, 2.24) is 4.98 Å². The van der Waals surface area contributed by atoms with Crippen LogP contribution >= 0.6 is 0 Å². The molecule has 0 saturated heterocycles. The highest BCUT2D eigenvalue weighted by Crippen LogP contribution is 2.21. The largest absolute Gasteiger partial charge is 0.385 e. The average molecular weight is 250 g/mol. The van der Waals surface area contributed by atoms with Crippen LogP contribution in [-0.2, 0) is 4.74 Å². The Labute approximate surface area is 108 Å². The van der Waals surface area contributed by atoms with E-state index in [0.29, 0.717) is 6.61 Å². The highest BCUT2D eigenvalue weighted by atomic mass is 16.5. The van der Waals surface area contributed by atoms with Gasteiger partial charge in [0.15, 0.2) is 0 Å². The van der Waals surface area contributed by atoms with Crippen molar-refractivity contribution in [3.8, 4) is 0 Å². The third-order valence-electron chi connectivity index (χ3n) is 2.80. The Bertz CT molecular complexity index is 431. The Balaban J connectivity index is 3.02. The van der Waals surface area contributed by atoms with Crippen molar-refractivity contribution in [2.75, 3.05) is 32.2 Å². The summed E-state index contributed by atoms with van der Waals surface area (Å²) in [5, 5.41) is 7.68. The Morgan fingerprint density at radius 2 is 2.17 bits per heavy atom. The molecule has 1 rings (SSSR count). The molecule has 18 heavy (non-hydrogen) atoms. The van der Waals surface area contributed by atoms with Crippen LogP contribution in [0.15, 0.2) is 6.07 Å². The maximum atomic E-state index is 7.68. The maximum absolute atomic E-state index is 7.68. The zero-order chi connectivity index (χ0) is 13.7. The Morgan fingerprint density at radius 3 is 2.72 bits per heavy atom. The van der Waals surface area contributed by atoms with Crippen molar-refractivity contribution < 1.29 is 4.74 Å². The van der Waals surface area contributed by atoms with Crippen molar-refractivity contribution in [2.24, 2.45) is 5.73 Å². The van der Waals surface area contributed by atoms with E-state index >= 15 is 0 Å². The van der Waals surface area contributed by atoms with Gasteiger partial charge in [0.25, 0.3) is 0 Å². The molecule has 0 spiro atoms. The summed E-state index contributed by atoms with van der Waals surface area (Å²) in [6.07, 6.45) is 0.916. The monoisotopic (exact) mass is 250 g/mol. The molecular formula is C13H22N4O. The van der Waals surface area contributed by atoms with Gasteiger partial charge in [0, 0.05) is 33.0 Å². The number of amidine groups is 1. The third-order valence-corrected chi connectivity index (χ3v) is 2.80. The number of rotatable bonds is 6. The summed E-state index contributed by atoms with van der Waals surface area (Å²) in [4.78, 5) is 6.52. The number of anilines is 1. The summed E-state index contributed by atoms with van der Waals surface area (Å²) in [5.74, 6) is 0.838. The van der Waals surface area contributed by atoms with Crippen LogP contribution in [0.1, 0.15) is 23.2 Å². The van der Waals surface area contributed by atoms with E-state index in [1.54, 1.807) is 7.11 Å². The van der Waals surface area contributed by atoms with E-state index in [1.165, 1.54) is 0 Å². The van der Waals surface area contributed by atoms with Gasteiger partial charge >= 0.3 is 0 Å². The normalized spacial score (nSPS) is 10.4. The number of nitrogen functional groups attached to an aromatic ring is 1. The second-order valence-corrected chi connectivity index (χ2v) is 4.46. The molecule has 0 aromatic carbocycles. The lowest BCUT2D eigenvalue weighted by molar-refractivity contribution is 0.196. The first-order chi connectivity index (χ1) is 8.47. The number of nitrogens with one attached hydrogen (secondary N) is 1. The molecule has 1 aromatic rings. The van der Waals surface area contributed by atoms with Crippen molar-refractivity contribution in [3.05, 3.63) is 22.9 Å². The molecule has 0 aliphatic heterocycles. The van der Waals surface area contributed by atoms with E-state index < -0.39 is 0 Å². The lowest BCUT2D eigenvalue weighted by Crippen LogP contribution is -2.26. The summed E-state index contributed by atoms with van der Waals surface area (Å²) in [6, 6.07) is 1.95. The van der Waals surface area contributed by atoms with E-state index in [-0.39, 0.29) is 5.84 Å². The fraction of sp³-hybridized carbons (Fsp3) is 0.538. The van der Waals surface area contributed by atoms with Gasteiger partial charge in [0.05, 0.1) is 5.56 Å². The Morgan fingerprint density at radius 1 is 1.50 bits per heavy atom. The Kier molecular flexibility index (Phi) is 5.09. The number of methoxy groups -OCH3 is 1. The molecular weight excluding hydrogens is 228 g/mol. The molecule has 1 aromatic heterocycles. The molecule has 100 valence electrons. The molecule has 5 heteroatoms. The second kappa shape index (κ2) is 6.35. The topological polar surface area (TPSA) is 75.2 Å². The smallest absolute Gasteiger partial charge is 0.139 e. The van der Waals surface area contributed by atoms with E-state index in [4.69, 9.17) is 15.9 Å². The first-order valence-corrected chi connectivity index (χ1v) is 6.00. The van der Waals surface area contributed by atoms with Crippen LogP contribution in [0.4, 0.5) is 5.82 Å². The number of hydrogen-bond acceptors (Lipinski definition) is 4. The lowest BCUT2D eigenvalue weighted by Gasteiger charge is -2.22. The van der Waals surface area contributed by atoms with E-state index in [2.05, 4.69) is 4.98 Å². The van der Waals surface area contributed by atoms with Gasteiger partial charge < -0.3 is 15.4 Å². The SMILES string of the molecule is COCCCN(C)c1nc(C)cc(C)c1C(=N)N. The zero-order valence-corrected chi connectivity index (χ0v) is 11.6. The fourth-order valence-electron chi connectivity index (χ4n) is 1.98. The predicted octanol–water partition coefficient (Wildman–Crippen LogP) is 1.46. The van der Waals surface area contributed by atoms with Crippen LogP contribution in [0.2, 0.25) is 0 Å². The summed E-state index contributed by atoms with van der Waals surface area (Å²) in [5.41, 5.74) is 8.30. The van der Waals surface area contributed by atoms with Crippen molar-refractivity contribution in [3.63, 3.8) is 0 Å². The number of pyridine rings is 1. The summed E-state index contributed by atoms with van der Waals surface area (Å²) < 4.78 is 5.04. The van der Waals surface area contributed by atoms with Gasteiger partial charge in [-0.1, -0.05) is 0 Å². The molecule has 3 N–H and O–H groups in total. The fourth-order valence-corrected chi connectivity index (χ4v) is 1.98. The lowest BCUT2D eigenvalue weighted by atomic mass is 10.1. The molecule has 0 saturated carbocycles. The van der Waals surface area contributed by atoms with Gasteiger partial charge in [0.2, 0.25) is 0 Å². The minimum absolute atomic E-state index is 0.0635. The van der Waals surface area contributed by atoms with E-state index in [0.717, 1.165) is 35.6 Å². The number of aromatic nitrogens is 1. The third kappa shape index (κ3) is 3.43. The molecule has 0 aliphatic rings. The van der Waals surface area contributed by atoms with Crippen LogP contribution in [-0.4, -0.2) is 38.1 Å². The first-order valence-electron chi connectivity index (χ1n) is 6.00. The summed E-state index contributed by atoms with van der Waals surface area (Å²) >= 11 is 0. The predicted molar refractivity (Wildman–Crippen MR) is 74.5 cm³/mol. The van der Waals surface area contributed by atoms with Crippen LogP contribution in [0, 0.1) is 19.3 Å². The molecule has 0 amide bonds. The summed E-state index contributed by atoms with van der Waals surface area (Å²) in [6.45, 7) is 5.44. The highest BCUT2D eigenvalue weighted by molar-refractivity contribution is 6.01. The molecule has 0 fully saturated rings. The minimum atomic E-state index is 0.0635. The van der Waals surface area contributed by atoms with Gasteiger partial charge in [-0.15, -0.1) is 0 Å². The van der Waals surface area contributed by atoms with Crippen molar-refractivity contribution in [1.29, 1.82) is 5.41 Å². The standard InChI is InChI=1S/C13H22N4O/c1-9-8-10(2)16-13(11(9)12(14)15)17(3)6-5-7-18-4/h8H,5-7H2,1-4H3,(H3,14,15). The molecule has 0 unspecified atom stereocenters. The number of nitrogens with two attached hydrogens (primary N) is 1. The van der Waals surface area contributed by atoms with Gasteiger partial charge in [-0.25, -0.2) is 4.98 Å². The van der Waals surface area contributed by atoms with E-state index in [1.807, 2.05) is 31.9 Å². The molecule has 1 heterocycles. The number of nitrogens with zero attached hydrogens (tertiary/aromatic N) is 2. The van der Waals surface area contributed by atoms with Crippen LogP contribution in [0.25, 0.3) is 0 Å². The highest BCUT2D eigenvalue weighted by Gasteiger charge is 2.14. The van der Waals surface area contributed by atoms with Crippen LogP contribution in [0.5, 0.6) is 0 Å². The molecule has 0 atom stereocenters.